The summed E-state index contributed by atoms with van der Waals surface area (Å²) in [5, 5.41) is 2.83. The first-order chi connectivity index (χ1) is 8.54. The lowest BCUT2D eigenvalue weighted by molar-refractivity contribution is 0.0938. The highest BCUT2D eigenvalue weighted by Crippen LogP contribution is 2.12. The van der Waals surface area contributed by atoms with E-state index < -0.39 is 0 Å². The van der Waals surface area contributed by atoms with Gasteiger partial charge >= 0.3 is 0 Å². The molecule has 0 unspecified atom stereocenters. The first kappa shape index (κ1) is 14.5. The highest BCUT2D eigenvalue weighted by molar-refractivity contribution is 5.92. The predicted molar refractivity (Wildman–Crippen MR) is 75.0 cm³/mol. The summed E-state index contributed by atoms with van der Waals surface area (Å²) in [5.74, 6) is -0.118. The van der Waals surface area contributed by atoms with E-state index in [-0.39, 0.29) is 11.9 Å². The molecule has 4 heteroatoms. The van der Waals surface area contributed by atoms with Crippen LogP contribution in [0.15, 0.2) is 18.3 Å². The average Bonchev–Trinajstić information content (AvgIpc) is 2.35. The van der Waals surface area contributed by atoms with Crippen LogP contribution in [0.5, 0.6) is 0 Å². The van der Waals surface area contributed by atoms with Gasteiger partial charge in [0.05, 0.1) is 11.9 Å². The third-order valence-electron chi connectivity index (χ3n) is 2.69. The Morgan fingerprint density at radius 2 is 2.17 bits per heavy atom. The first-order valence-electron chi connectivity index (χ1n) is 6.52. The Labute approximate surface area is 109 Å². The van der Waals surface area contributed by atoms with E-state index in [1.807, 2.05) is 27.0 Å². The lowest BCUT2D eigenvalue weighted by Crippen LogP contribution is -2.30. The van der Waals surface area contributed by atoms with Crippen LogP contribution in [0.25, 0.3) is 0 Å². The molecule has 0 saturated heterocycles. The molecule has 0 aromatic carbocycles. The van der Waals surface area contributed by atoms with Gasteiger partial charge in [-0.05, 0) is 32.4 Å². The molecule has 4 nitrogen and oxygen atoms in total. The SMILES string of the molecule is CCCCN(C)c1ccc(C(=O)NC(C)C)nc1. The van der Waals surface area contributed by atoms with Gasteiger partial charge in [-0.3, -0.25) is 4.79 Å². The van der Waals surface area contributed by atoms with Gasteiger partial charge in [0.2, 0.25) is 0 Å². The lowest BCUT2D eigenvalue weighted by Gasteiger charge is -2.18. The number of carbonyl (C=O) groups is 1. The van der Waals surface area contributed by atoms with Gasteiger partial charge < -0.3 is 10.2 Å². The molecule has 1 rings (SSSR count). The van der Waals surface area contributed by atoms with Crippen molar-refractivity contribution in [1.29, 1.82) is 0 Å². The molecule has 0 spiro atoms. The molecule has 18 heavy (non-hydrogen) atoms. The Hall–Kier alpha value is -1.58. The maximum atomic E-state index is 11.7. The molecule has 0 fully saturated rings. The highest BCUT2D eigenvalue weighted by atomic mass is 16.1. The van der Waals surface area contributed by atoms with Crippen LogP contribution >= 0.6 is 0 Å². The van der Waals surface area contributed by atoms with Crippen LogP contribution in [0.4, 0.5) is 5.69 Å². The van der Waals surface area contributed by atoms with Gasteiger partial charge in [0, 0.05) is 19.6 Å². The smallest absolute Gasteiger partial charge is 0.270 e. The summed E-state index contributed by atoms with van der Waals surface area (Å²) in [4.78, 5) is 18.1. The number of nitrogens with zero attached hydrogens (tertiary/aromatic N) is 2. The number of unbranched alkanes of at least 4 members (excludes halogenated alkanes) is 1. The van der Waals surface area contributed by atoms with Crippen LogP contribution in [0.1, 0.15) is 44.1 Å². The minimum atomic E-state index is -0.118. The summed E-state index contributed by atoms with van der Waals surface area (Å²) < 4.78 is 0. The van der Waals surface area contributed by atoms with Gasteiger partial charge in [-0.1, -0.05) is 13.3 Å². The normalized spacial score (nSPS) is 10.5. The van der Waals surface area contributed by atoms with Crippen molar-refractivity contribution in [2.75, 3.05) is 18.5 Å². The number of carbonyl (C=O) groups excluding carboxylic acids is 1. The maximum Gasteiger partial charge on any atom is 0.270 e. The fourth-order valence-corrected chi connectivity index (χ4v) is 1.61. The molecule has 0 saturated carbocycles. The Morgan fingerprint density at radius 3 is 2.67 bits per heavy atom. The Kier molecular flexibility index (Phi) is 5.62. The number of anilines is 1. The van der Waals surface area contributed by atoms with Gasteiger partial charge in [0.15, 0.2) is 0 Å². The zero-order valence-electron chi connectivity index (χ0n) is 11.7. The van der Waals surface area contributed by atoms with Crippen molar-refractivity contribution in [1.82, 2.24) is 10.3 Å². The molecule has 0 radical (unpaired) electrons. The largest absolute Gasteiger partial charge is 0.373 e. The van der Waals surface area contributed by atoms with E-state index in [1.165, 1.54) is 6.42 Å². The topological polar surface area (TPSA) is 45.2 Å². The van der Waals surface area contributed by atoms with Gasteiger partial charge in [0.25, 0.3) is 5.91 Å². The van der Waals surface area contributed by atoms with Crippen molar-refractivity contribution in [3.05, 3.63) is 24.0 Å². The van der Waals surface area contributed by atoms with Crippen LogP contribution < -0.4 is 10.2 Å². The molecule has 0 atom stereocenters. The minimum Gasteiger partial charge on any atom is -0.373 e. The number of hydrogen-bond donors (Lipinski definition) is 1. The van der Waals surface area contributed by atoms with Gasteiger partial charge in [-0.2, -0.15) is 0 Å². The van der Waals surface area contributed by atoms with E-state index in [4.69, 9.17) is 0 Å². The number of hydrogen-bond acceptors (Lipinski definition) is 3. The summed E-state index contributed by atoms with van der Waals surface area (Å²) in [7, 11) is 2.04. The summed E-state index contributed by atoms with van der Waals surface area (Å²) in [5.41, 5.74) is 1.51. The number of rotatable bonds is 6. The fraction of sp³-hybridized carbons (Fsp3) is 0.571. The third kappa shape index (κ3) is 4.35. The quantitative estimate of drug-likeness (QED) is 0.842. The van der Waals surface area contributed by atoms with Crippen molar-refractivity contribution in [3.8, 4) is 0 Å². The summed E-state index contributed by atoms with van der Waals surface area (Å²) in [6.45, 7) is 7.05. The lowest BCUT2D eigenvalue weighted by atomic mass is 10.2. The standard InChI is InChI=1S/C14H23N3O/c1-5-6-9-17(4)12-7-8-13(15-10-12)14(18)16-11(2)3/h7-8,10-11H,5-6,9H2,1-4H3,(H,16,18). The predicted octanol–water partition coefficient (Wildman–Crippen LogP) is 2.46. The summed E-state index contributed by atoms with van der Waals surface area (Å²) >= 11 is 0. The summed E-state index contributed by atoms with van der Waals surface area (Å²) in [6, 6.07) is 3.85. The van der Waals surface area contributed by atoms with E-state index in [0.29, 0.717) is 5.69 Å². The molecule has 1 heterocycles. The van der Waals surface area contributed by atoms with Crippen LogP contribution in [-0.2, 0) is 0 Å². The molecule has 0 aliphatic heterocycles. The number of pyridine rings is 1. The monoisotopic (exact) mass is 249 g/mol. The van der Waals surface area contributed by atoms with Gasteiger partial charge in [0.1, 0.15) is 5.69 Å². The van der Waals surface area contributed by atoms with Crippen LogP contribution in [0, 0.1) is 0 Å². The minimum absolute atomic E-state index is 0.118. The molecule has 100 valence electrons. The van der Waals surface area contributed by atoms with Crippen LogP contribution in [0.2, 0.25) is 0 Å². The zero-order valence-corrected chi connectivity index (χ0v) is 11.7. The molecule has 1 N–H and O–H groups in total. The Balaban J connectivity index is 2.64. The Morgan fingerprint density at radius 1 is 1.44 bits per heavy atom. The Bertz CT molecular complexity index is 373. The number of aromatic nitrogens is 1. The van der Waals surface area contributed by atoms with E-state index in [0.717, 1.165) is 18.7 Å². The second-order valence-corrected chi connectivity index (χ2v) is 4.80. The van der Waals surface area contributed by atoms with Crippen molar-refractivity contribution in [2.24, 2.45) is 0 Å². The molecule has 0 aliphatic rings. The second kappa shape index (κ2) is 6.99. The number of amides is 1. The van der Waals surface area contributed by atoms with E-state index in [9.17, 15) is 4.79 Å². The third-order valence-corrected chi connectivity index (χ3v) is 2.69. The van der Waals surface area contributed by atoms with Gasteiger partial charge in [-0.15, -0.1) is 0 Å². The van der Waals surface area contributed by atoms with Crippen molar-refractivity contribution >= 4 is 11.6 Å². The molecule has 0 aliphatic carbocycles. The maximum absolute atomic E-state index is 11.7. The van der Waals surface area contributed by atoms with Crippen molar-refractivity contribution < 1.29 is 4.79 Å². The zero-order chi connectivity index (χ0) is 13.5. The van der Waals surface area contributed by atoms with E-state index in [1.54, 1.807) is 12.3 Å². The molecular weight excluding hydrogens is 226 g/mol. The van der Waals surface area contributed by atoms with Crippen molar-refractivity contribution in [2.45, 2.75) is 39.7 Å². The molecule has 1 aromatic heterocycles. The first-order valence-corrected chi connectivity index (χ1v) is 6.52. The highest BCUT2D eigenvalue weighted by Gasteiger charge is 2.09. The molecular formula is C14H23N3O. The number of nitrogens with one attached hydrogen (secondary N) is 1. The average molecular weight is 249 g/mol. The van der Waals surface area contributed by atoms with E-state index >= 15 is 0 Å². The molecule has 1 aromatic rings. The van der Waals surface area contributed by atoms with Gasteiger partial charge in [-0.25, -0.2) is 4.98 Å². The molecule has 1 amide bonds. The van der Waals surface area contributed by atoms with Crippen LogP contribution in [0.3, 0.4) is 0 Å². The molecule has 0 bridgehead atoms. The van der Waals surface area contributed by atoms with Crippen LogP contribution in [-0.4, -0.2) is 30.5 Å². The summed E-state index contributed by atoms with van der Waals surface area (Å²) in [6.07, 6.45) is 4.09. The second-order valence-electron chi connectivity index (χ2n) is 4.80. The fourth-order valence-electron chi connectivity index (χ4n) is 1.61. The van der Waals surface area contributed by atoms with E-state index in [2.05, 4.69) is 22.1 Å². The van der Waals surface area contributed by atoms with Crippen molar-refractivity contribution in [3.63, 3.8) is 0 Å².